The number of ether oxygens (including phenoxy) is 1. The van der Waals surface area contributed by atoms with Crippen molar-refractivity contribution in [1.29, 1.82) is 0 Å². The molecule has 0 bridgehead atoms. The highest BCUT2D eigenvalue weighted by atomic mass is 16.5. The number of aldehydes is 1. The number of phenols is 1. The number of amides is 4. The Kier molecular flexibility index (Phi) is 12.6. The van der Waals surface area contributed by atoms with E-state index in [0.29, 0.717) is 11.8 Å². The number of carbonyl (C=O) groups is 6. The summed E-state index contributed by atoms with van der Waals surface area (Å²) in [7, 11) is 0. The zero-order valence-corrected chi connectivity index (χ0v) is 25.5. The fourth-order valence-electron chi connectivity index (χ4n) is 5.07. The van der Waals surface area contributed by atoms with Gasteiger partial charge in [-0.25, -0.2) is 0 Å². The SMILES string of the molecule is CC(=O)NC(Cc1ccc(O)cc1)C(=O)NC(C(=O)N1CC(OCc2ccccc2)CC1C(=O)NC(C=O)CC(=O)O)C(C)C. The summed E-state index contributed by atoms with van der Waals surface area (Å²) < 4.78 is 6.03. The average Bonchev–Trinajstić information content (AvgIpc) is 3.43. The number of nitrogens with zero attached hydrogens (tertiary/aromatic N) is 1. The molecule has 13 heteroatoms. The van der Waals surface area contributed by atoms with E-state index >= 15 is 0 Å². The van der Waals surface area contributed by atoms with E-state index in [-0.39, 0.29) is 31.7 Å². The number of phenolic OH excluding ortho intramolecular Hbond substituents is 1. The fraction of sp³-hybridized carbons (Fsp3) is 0.438. The number of rotatable bonds is 15. The van der Waals surface area contributed by atoms with Crippen molar-refractivity contribution in [1.82, 2.24) is 20.9 Å². The van der Waals surface area contributed by atoms with Gasteiger partial charge >= 0.3 is 5.97 Å². The molecule has 0 aliphatic carbocycles. The lowest BCUT2D eigenvalue weighted by atomic mass is 10.00. The van der Waals surface area contributed by atoms with Crippen LogP contribution in [0.3, 0.4) is 0 Å². The maximum absolute atomic E-state index is 14.0. The van der Waals surface area contributed by atoms with Crippen LogP contribution < -0.4 is 16.0 Å². The normalized spacial score (nSPS) is 18.0. The molecule has 3 rings (SSSR count). The van der Waals surface area contributed by atoms with E-state index < -0.39 is 72.2 Å². The van der Waals surface area contributed by atoms with Gasteiger partial charge in [0.2, 0.25) is 23.6 Å². The molecule has 1 aliphatic heterocycles. The van der Waals surface area contributed by atoms with Crippen molar-refractivity contribution in [3.05, 3.63) is 65.7 Å². The molecule has 2 aromatic carbocycles. The smallest absolute Gasteiger partial charge is 0.305 e. The van der Waals surface area contributed by atoms with Crippen molar-refractivity contribution in [2.75, 3.05) is 6.54 Å². The van der Waals surface area contributed by atoms with Crippen LogP contribution in [0.5, 0.6) is 5.75 Å². The Labute approximate surface area is 261 Å². The predicted molar refractivity (Wildman–Crippen MR) is 162 cm³/mol. The second-order valence-corrected chi connectivity index (χ2v) is 11.4. The number of carboxylic acid groups (broad SMARTS) is 1. The van der Waals surface area contributed by atoms with Gasteiger partial charge < -0.3 is 40.6 Å². The fourth-order valence-corrected chi connectivity index (χ4v) is 5.07. The molecule has 2 aromatic rings. The van der Waals surface area contributed by atoms with Gasteiger partial charge in [-0.3, -0.25) is 24.0 Å². The summed E-state index contributed by atoms with van der Waals surface area (Å²) in [6.45, 7) is 4.94. The van der Waals surface area contributed by atoms with Gasteiger partial charge in [0.25, 0.3) is 0 Å². The van der Waals surface area contributed by atoms with Gasteiger partial charge in [0.05, 0.1) is 25.2 Å². The molecule has 0 saturated carbocycles. The summed E-state index contributed by atoms with van der Waals surface area (Å²) >= 11 is 0. The standard InChI is InChI=1S/C32H40N4O9/c1-19(2)29(35-30(42)26(33-20(3)38)13-21-9-11-24(39)12-10-21)32(44)36-16-25(45-18-22-7-5-4-6-8-22)15-27(36)31(43)34-23(17-37)14-28(40)41/h4-12,17,19,23,25-27,29,39H,13-16,18H2,1-3H3,(H,33,38)(H,34,43)(H,35,42)(H,40,41). The summed E-state index contributed by atoms with van der Waals surface area (Å²) in [6, 6.07) is 10.9. The average molecular weight is 625 g/mol. The van der Waals surface area contributed by atoms with Crippen molar-refractivity contribution in [2.24, 2.45) is 5.92 Å². The lowest BCUT2D eigenvalue weighted by Crippen LogP contribution is -2.59. The first-order valence-electron chi connectivity index (χ1n) is 14.7. The van der Waals surface area contributed by atoms with Gasteiger partial charge in [0.1, 0.15) is 30.2 Å². The number of likely N-dealkylation sites (tertiary alicyclic amines) is 1. The van der Waals surface area contributed by atoms with Gasteiger partial charge in [0.15, 0.2) is 0 Å². The van der Waals surface area contributed by atoms with E-state index in [1.807, 2.05) is 30.3 Å². The number of carbonyl (C=O) groups excluding carboxylic acids is 5. The van der Waals surface area contributed by atoms with Gasteiger partial charge in [-0.05, 0) is 29.2 Å². The van der Waals surface area contributed by atoms with E-state index in [4.69, 9.17) is 9.84 Å². The number of hydrogen-bond donors (Lipinski definition) is 5. The lowest BCUT2D eigenvalue weighted by molar-refractivity contribution is -0.144. The van der Waals surface area contributed by atoms with Crippen LogP contribution in [0, 0.1) is 5.92 Å². The molecule has 242 valence electrons. The van der Waals surface area contributed by atoms with Crippen LogP contribution in [-0.4, -0.2) is 87.8 Å². The van der Waals surface area contributed by atoms with Crippen molar-refractivity contribution in [2.45, 2.75) is 76.9 Å². The lowest BCUT2D eigenvalue weighted by Gasteiger charge is -2.31. The molecule has 0 radical (unpaired) electrons. The van der Waals surface area contributed by atoms with E-state index in [1.54, 1.807) is 26.0 Å². The van der Waals surface area contributed by atoms with E-state index in [2.05, 4.69) is 16.0 Å². The highest BCUT2D eigenvalue weighted by molar-refractivity contribution is 5.95. The Morgan fingerprint density at radius 1 is 0.978 bits per heavy atom. The van der Waals surface area contributed by atoms with Crippen molar-refractivity contribution >= 4 is 35.9 Å². The quantitative estimate of drug-likeness (QED) is 0.179. The van der Waals surface area contributed by atoms with Crippen LogP contribution in [-0.2, 0) is 46.5 Å². The number of benzene rings is 2. The first-order chi connectivity index (χ1) is 21.4. The minimum absolute atomic E-state index is 0.0101. The van der Waals surface area contributed by atoms with Crippen molar-refractivity contribution < 1.29 is 43.7 Å². The second kappa shape index (κ2) is 16.3. The summed E-state index contributed by atoms with van der Waals surface area (Å²) in [5.74, 6) is -4.04. The molecule has 1 saturated heterocycles. The number of aliphatic carboxylic acids is 1. The van der Waals surface area contributed by atoms with Gasteiger partial charge in [-0.2, -0.15) is 0 Å². The number of carboxylic acids is 1. The third-order valence-electron chi connectivity index (χ3n) is 7.36. The molecule has 13 nitrogen and oxygen atoms in total. The van der Waals surface area contributed by atoms with Crippen LogP contribution in [0.15, 0.2) is 54.6 Å². The number of hydrogen-bond acceptors (Lipinski definition) is 8. The van der Waals surface area contributed by atoms with Crippen LogP contribution >= 0.6 is 0 Å². The zero-order chi connectivity index (χ0) is 33.1. The van der Waals surface area contributed by atoms with Crippen molar-refractivity contribution in [3.8, 4) is 5.75 Å². The van der Waals surface area contributed by atoms with Crippen LogP contribution in [0.2, 0.25) is 0 Å². The molecule has 1 fully saturated rings. The summed E-state index contributed by atoms with van der Waals surface area (Å²) in [5, 5.41) is 26.4. The number of nitrogens with one attached hydrogen (secondary N) is 3. The molecular weight excluding hydrogens is 584 g/mol. The van der Waals surface area contributed by atoms with E-state index in [0.717, 1.165) is 5.56 Å². The topological polar surface area (TPSA) is 191 Å². The summed E-state index contributed by atoms with van der Waals surface area (Å²) in [5.41, 5.74) is 1.55. The Bertz CT molecular complexity index is 1350. The molecule has 45 heavy (non-hydrogen) atoms. The summed E-state index contributed by atoms with van der Waals surface area (Å²) in [6.07, 6.45) is -0.698. The maximum atomic E-state index is 14.0. The minimum atomic E-state index is -1.30. The highest BCUT2D eigenvalue weighted by Gasteiger charge is 2.44. The Balaban J connectivity index is 1.82. The molecule has 1 aliphatic rings. The van der Waals surface area contributed by atoms with Crippen LogP contribution in [0.25, 0.3) is 0 Å². The molecule has 1 heterocycles. The number of aromatic hydroxyl groups is 1. The molecule has 0 aromatic heterocycles. The molecule has 5 unspecified atom stereocenters. The predicted octanol–water partition coefficient (Wildman–Crippen LogP) is 0.925. The first kappa shape index (κ1) is 34.7. The van der Waals surface area contributed by atoms with Crippen LogP contribution in [0.1, 0.15) is 44.7 Å². The largest absolute Gasteiger partial charge is 0.508 e. The maximum Gasteiger partial charge on any atom is 0.305 e. The second-order valence-electron chi connectivity index (χ2n) is 11.4. The minimum Gasteiger partial charge on any atom is -0.508 e. The molecule has 5 atom stereocenters. The Morgan fingerprint density at radius 2 is 1.64 bits per heavy atom. The monoisotopic (exact) mass is 624 g/mol. The zero-order valence-electron chi connectivity index (χ0n) is 25.5. The third-order valence-corrected chi connectivity index (χ3v) is 7.36. The first-order valence-corrected chi connectivity index (χ1v) is 14.7. The van der Waals surface area contributed by atoms with E-state index in [1.165, 1.54) is 24.0 Å². The van der Waals surface area contributed by atoms with Gasteiger partial charge in [-0.15, -0.1) is 0 Å². The van der Waals surface area contributed by atoms with Crippen molar-refractivity contribution in [3.63, 3.8) is 0 Å². The Hall–Kier alpha value is -4.78. The Morgan fingerprint density at radius 3 is 2.22 bits per heavy atom. The summed E-state index contributed by atoms with van der Waals surface area (Å²) in [4.78, 5) is 76.7. The van der Waals surface area contributed by atoms with Gasteiger partial charge in [0, 0.05) is 26.3 Å². The highest BCUT2D eigenvalue weighted by Crippen LogP contribution is 2.25. The molecule has 5 N–H and O–H groups in total. The molecule has 4 amide bonds. The van der Waals surface area contributed by atoms with Gasteiger partial charge in [-0.1, -0.05) is 56.3 Å². The van der Waals surface area contributed by atoms with Crippen LogP contribution in [0.4, 0.5) is 0 Å². The molecular formula is C32H40N4O9. The van der Waals surface area contributed by atoms with E-state index in [9.17, 15) is 33.9 Å². The molecule has 0 spiro atoms. The third kappa shape index (κ3) is 10.4.